The van der Waals surface area contributed by atoms with Gasteiger partial charge in [-0.05, 0) is 13.0 Å². The number of nitrogens with two attached hydrogens (primary N) is 1. The van der Waals surface area contributed by atoms with Crippen molar-refractivity contribution in [3.05, 3.63) is 30.0 Å². The van der Waals surface area contributed by atoms with E-state index in [1.807, 2.05) is 20.8 Å². The van der Waals surface area contributed by atoms with Crippen LogP contribution in [0.5, 0.6) is 0 Å². The van der Waals surface area contributed by atoms with Crippen LogP contribution in [0.25, 0.3) is 22.8 Å². The van der Waals surface area contributed by atoms with Crippen molar-refractivity contribution in [2.24, 2.45) is 0 Å². The van der Waals surface area contributed by atoms with E-state index in [0.29, 0.717) is 35.4 Å². The largest absolute Gasteiger partial charge is 0.453 e. The molecule has 13 heteroatoms. The minimum Gasteiger partial charge on any atom is -0.453 e. The van der Waals surface area contributed by atoms with E-state index in [4.69, 9.17) is 5.73 Å². The number of rotatable bonds is 7. The van der Waals surface area contributed by atoms with Gasteiger partial charge in [-0.15, -0.1) is 0 Å². The molecule has 1 amide bonds. The van der Waals surface area contributed by atoms with Gasteiger partial charge in [0.05, 0.1) is 24.7 Å². The van der Waals surface area contributed by atoms with Gasteiger partial charge in [-0.2, -0.15) is 4.39 Å². The van der Waals surface area contributed by atoms with Crippen LogP contribution in [-0.2, 0) is 10.2 Å². The number of nitrogens with one attached hydrogen (secondary N) is 3. The molecule has 0 aliphatic carbocycles. The molecule has 180 valence electrons. The number of aromatic amines is 1. The van der Waals surface area contributed by atoms with Crippen molar-refractivity contribution in [2.75, 3.05) is 24.7 Å². The summed E-state index contributed by atoms with van der Waals surface area (Å²) in [5.41, 5.74) is 6.06. The number of methoxy groups -OCH3 is 1. The lowest BCUT2D eigenvalue weighted by Crippen LogP contribution is -2.37. The van der Waals surface area contributed by atoms with Crippen LogP contribution in [0.1, 0.15) is 44.0 Å². The van der Waals surface area contributed by atoms with E-state index in [2.05, 4.69) is 45.3 Å². The van der Waals surface area contributed by atoms with Crippen molar-refractivity contribution in [3.63, 3.8) is 0 Å². The van der Waals surface area contributed by atoms with Crippen molar-refractivity contribution in [2.45, 2.75) is 39.2 Å². The highest BCUT2D eigenvalue weighted by Gasteiger charge is 2.25. The van der Waals surface area contributed by atoms with Gasteiger partial charge in [0.25, 0.3) is 0 Å². The third-order valence-corrected chi connectivity index (χ3v) is 4.67. The fourth-order valence-corrected chi connectivity index (χ4v) is 2.89. The Balaban J connectivity index is 1.99. The average molecular weight is 471 g/mol. The van der Waals surface area contributed by atoms with E-state index in [0.717, 1.165) is 0 Å². The molecule has 3 aromatic rings. The van der Waals surface area contributed by atoms with Gasteiger partial charge in [-0.25, -0.2) is 29.7 Å². The number of ether oxygens (including phenoxy) is 1. The number of halogens is 1. The van der Waals surface area contributed by atoms with Crippen molar-refractivity contribution >= 4 is 23.9 Å². The predicted octanol–water partition coefficient (Wildman–Crippen LogP) is 2.47. The monoisotopic (exact) mass is 471 g/mol. The van der Waals surface area contributed by atoms with Gasteiger partial charge in [0.2, 0.25) is 5.95 Å². The summed E-state index contributed by atoms with van der Waals surface area (Å²) < 4.78 is 18.0. The molecule has 0 aliphatic rings. The summed E-state index contributed by atoms with van der Waals surface area (Å²) >= 11 is 0. The first-order chi connectivity index (χ1) is 16.0. The molecule has 0 spiro atoms. The summed E-state index contributed by atoms with van der Waals surface area (Å²) in [4.78, 5) is 47.2. The molecular formula is C21H26FN9O3. The van der Waals surface area contributed by atoms with Crippen LogP contribution >= 0.6 is 0 Å². The Morgan fingerprint density at radius 3 is 2.59 bits per heavy atom. The van der Waals surface area contributed by atoms with Crippen molar-refractivity contribution < 1.29 is 18.7 Å². The molecule has 0 aromatic carbocycles. The number of amides is 1. The molecule has 0 saturated carbocycles. The first-order valence-electron chi connectivity index (χ1n) is 10.3. The van der Waals surface area contributed by atoms with Crippen LogP contribution in [0.2, 0.25) is 0 Å². The summed E-state index contributed by atoms with van der Waals surface area (Å²) in [5.74, 6) is 0.609. The fraction of sp³-hybridized carbons (Fsp3) is 0.381. The molecule has 3 heterocycles. The second-order valence-corrected chi connectivity index (χ2v) is 8.51. The van der Waals surface area contributed by atoms with E-state index < -0.39 is 17.8 Å². The molecule has 0 aliphatic heterocycles. The van der Waals surface area contributed by atoms with Crippen LogP contribution in [0.15, 0.2) is 18.5 Å². The molecule has 12 nitrogen and oxygen atoms in total. The Bertz CT molecular complexity index is 1210. The maximum atomic E-state index is 13.4. The van der Waals surface area contributed by atoms with Crippen molar-refractivity contribution in [1.29, 1.82) is 0 Å². The first kappa shape index (κ1) is 24.5. The van der Waals surface area contributed by atoms with E-state index >= 15 is 0 Å². The van der Waals surface area contributed by atoms with Gasteiger partial charge in [0, 0.05) is 24.2 Å². The molecule has 0 radical (unpaired) electrons. The summed E-state index contributed by atoms with van der Waals surface area (Å²) in [5, 5.41) is 5.68. The zero-order chi connectivity index (χ0) is 25.0. The van der Waals surface area contributed by atoms with Crippen molar-refractivity contribution in [3.8, 4) is 22.8 Å². The number of carbonyl (C=O) groups excluding carboxylic acids is 2. The number of aromatic nitrogens is 6. The SMILES string of the molecule is COC(=O)N[C@@H](C)CNc1nccc(-c2[nH]c(C(C)(C)C)nc2-c2cnc(N)c(C(=O)F)n2)n1. The number of hydrogen-bond acceptors (Lipinski definition) is 10. The smallest absolute Gasteiger partial charge is 0.407 e. The highest BCUT2D eigenvalue weighted by atomic mass is 19.1. The minimum atomic E-state index is -1.79. The lowest BCUT2D eigenvalue weighted by molar-refractivity contribution is 0.0831. The lowest BCUT2D eigenvalue weighted by atomic mass is 9.96. The van der Waals surface area contributed by atoms with Gasteiger partial charge >= 0.3 is 12.1 Å². The van der Waals surface area contributed by atoms with E-state index in [1.54, 1.807) is 19.2 Å². The third-order valence-electron chi connectivity index (χ3n) is 4.67. The van der Waals surface area contributed by atoms with Crippen LogP contribution in [0, 0.1) is 0 Å². The molecule has 3 rings (SSSR count). The van der Waals surface area contributed by atoms with Crippen LogP contribution < -0.4 is 16.4 Å². The van der Waals surface area contributed by atoms with Gasteiger partial charge < -0.3 is 26.1 Å². The summed E-state index contributed by atoms with van der Waals surface area (Å²) in [6.07, 6.45) is 2.32. The fourth-order valence-electron chi connectivity index (χ4n) is 2.89. The third kappa shape index (κ3) is 5.60. The average Bonchev–Trinajstić information content (AvgIpc) is 3.24. The minimum absolute atomic E-state index is 0.154. The quantitative estimate of drug-likeness (QED) is 0.375. The number of imidazole rings is 1. The number of nitrogens with zero attached hydrogens (tertiary/aromatic N) is 5. The summed E-state index contributed by atoms with van der Waals surface area (Å²) in [6.45, 7) is 8.03. The molecule has 0 saturated heterocycles. The van der Waals surface area contributed by atoms with E-state index in [1.165, 1.54) is 13.3 Å². The van der Waals surface area contributed by atoms with E-state index in [-0.39, 0.29) is 23.0 Å². The Morgan fingerprint density at radius 1 is 1.21 bits per heavy atom. The summed E-state index contributed by atoms with van der Waals surface area (Å²) in [7, 11) is 1.29. The molecule has 34 heavy (non-hydrogen) atoms. The normalized spacial score (nSPS) is 12.2. The maximum Gasteiger partial charge on any atom is 0.407 e. The van der Waals surface area contributed by atoms with Crippen molar-refractivity contribution in [1.82, 2.24) is 35.2 Å². The van der Waals surface area contributed by atoms with Gasteiger partial charge in [-0.1, -0.05) is 20.8 Å². The van der Waals surface area contributed by atoms with Gasteiger partial charge in [0.15, 0.2) is 11.5 Å². The zero-order valence-electron chi connectivity index (χ0n) is 19.4. The molecule has 3 aromatic heterocycles. The Morgan fingerprint density at radius 2 is 1.94 bits per heavy atom. The standard InChI is InChI=1S/C21H26FN9O3/c1-10(27-20(33)34-5)8-26-19-24-7-6-11(29-19)13-14(31-18(30-13)21(2,3)4)12-9-25-17(23)15(28-12)16(22)32/h6-7,9-10H,8H2,1-5H3,(H2,23,25)(H,27,33)(H,30,31)(H,24,26,29)/t10-/m0/s1. The van der Waals surface area contributed by atoms with Crippen LogP contribution in [0.3, 0.4) is 0 Å². The molecular weight excluding hydrogens is 445 g/mol. The lowest BCUT2D eigenvalue weighted by Gasteiger charge is -2.14. The number of nitrogen functional groups attached to an aromatic ring is 1. The highest BCUT2D eigenvalue weighted by molar-refractivity contribution is 5.91. The number of anilines is 2. The Hall–Kier alpha value is -4.16. The molecule has 5 N–H and O–H groups in total. The number of H-pyrrole nitrogens is 1. The van der Waals surface area contributed by atoms with Gasteiger partial charge in [-0.3, -0.25) is 4.79 Å². The zero-order valence-corrected chi connectivity index (χ0v) is 19.4. The van der Waals surface area contributed by atoms with Crippen LogP contribution in [-0.4, -0.2) is 61.7 Å². The molecule has 0 fully saturated rings. The number of hydrogen-bond donors (Lipinski definition) is 4. The van der Waals surface area contributed by atoms with E-state index in [9.17, 15) is 14.0 Å². The Kier molecular flexibility index (Phi) is 7.03. The van der Waals surface area contributed by atoms with Crippen LogP contribution in [0.4, 0.5) is 21.0 Å². The highest BCUT2D eigenvalue weighted by Crippen LogP contribution is 2.32. The maximum absolute atomic E-state index is 13.4. The number of carbonyl (C=O) groups is 2. The summed E-state index contributed by atoms with van der Waals surface area (Å²) in [6, 6.07) is -0.378. The second-order valence-electron chi connectivity index (χ2n) is 8.51. The predicted molar refractivity (Wildman–Crippen MR) is 123 cm³/mol. The molecule has 0 bridgehead atoms. The topological polar surface area (TPSA) is 174 Å². The second kappa shape index (κ2) is 9.77. The Labute approximate surface area is 195 Å². The molecule has 0 unspecified atom stereocenters. The first-order valence-corrected chi connectivity index (χ1v) is 10.3. The van der Waals surface area contributed by atoms with Gasteiger partial charge in [0.1, 0.15) is 17.2 Å². The molecule has 1 atom stereocenters. The number of alkyl carbamates (subject to hydrolysis) is 1.